The molecule has 8 heteroatoms. The van der Waals surface area contributed by atoms with E-state index in [1.54, 1.807) is 6.20 Å². The quantitative estimate of drug-likeness (QED) is 0.781. The van der Waals surface area contributed by atoms with Crippen molar-refractivity contribution >= 4 is 23.3 Å². The van der Waals surface area contributed by atoms with Gasteiger partial charge in [0, 0.05) is 17.8 Å². The molecule has 0 saturated carbocycles. The first kappa shape index (κ1) is 14.9. The van der Waals surface area contributed by atoms with E-state index in [1.807, 2.05) is 12.3 Å². The fourth-order valence-corrected chi connectivity index (χ4v) is 2.28. The van der Waals surface area contributed by atoms with Gasteiger partial charge >= 0.3 is 12.0 Å². The number of urea groups is 1. The summed E-state index contributed by atoms with van der Waals surface area (Å²) in [5.41, 5.74) is 0.616. The first-order valence-electron chi connectivity index (χ1n) is 6.18. The molecule has 7 nitrogen and oxygen atoms in total. The van der Waals surface area contributed by atoms with Gasteiger partial charge in [0.05, 0.1) is 23.8 Å². The molecule has 1 unspecified atom stereocenters. The number of nitrogens with zero attached hydrogens (tertiary/aromatic N) is 2. The third kappa shape index (κ3) is 4.25. The van der Waals surface area contributed by atoms with E-state index in [9.17, 15) is 9.59 Å². The van der Waals surface area contributed by atoms with E-state index in [1.165, 1.54) is 29.7 Å². The second-order valence-electron chi connectivity index (χ2n) is 4.26. The summed E-state index contributed by atoms with van der Waals surface area (Å²) in [5, 5.41) is 16.9. The van der Waals surface area contributed by atoms with Crippen LogP contribution in [0.15, 0.2) is 29.9 Å². The standard InChI is InChI=1S/C13H14N4O3S/c1-8(11-15-4-5-21-11)17-13(20)16-7-10-6-9(12(18)19)2-3-14-10/h2-6,8H,7H2,1H3,(H,18,19)(H2,16,17,20). The predicted molar refractivity (Wildman–Crippen MR) is 77.1 cm³/mol. The van der Waals surface area contributed by atoms with Crippen LogP contribution in [0.4, 0.5) is 4.79 Å². The molecule has 0 saturated heterocycles. The molecule has 0 radical (unpaired) electrons. The maximum Gasteiger partial charge on any atom is 0.335 e. The summed E-state index contributed by atoms with van der Waals surface area (Å²) in [6.45, 7) is 1.99. The summed E-state index contributed by atoms with van der Waals surface area (Å²) in [6, 6.07) is 2.27. The van der Waals surface area contributed by atoms with Crippen LogP contribution in [0.2, 0.25) is 0 Å². The van der Waals surface area contributed by atoms with Crippen LogP contribution in [-0.4, -0.2) is 27.1 Å². The molecule has 2 aromatic rings. The predicted octanol–water partition coefficient (Wildman–Crippen LogP) is 1.80. The van der Waals surface area contributed by atoms with E-state index in [4.69, 9.17) is 5.11 Å². The minimum atomic E-state index is -1.03. The molecule has 21 heavy (non-hydrogen) atoms. The van der Waals surface area contributed by atoms with Crippen molar-refractivity contribution in [1.82, 2.24) is 20.6 Å². The molecular weight excluding hydrogens is 292 g/mol. The number of amides is 2. The van der Waals surface area contributed by atoms with Gasteiger partial charge in [-0.05, 0) is 19.1 Å². The Hall–Kier alpha value is -2.48. The summed E-state index contributed by atoms with van der Waals surface area (Å²) in [6.07, 6.45) is 3.08. The summed E-state index contributed by atoms with van der Waals surface area (Å²) in [7, 11) is 0. The molecule has 0 fully saturated rings. The summed E-state index contributed by atoms with van der Waals surface area (Å²) < 4.78 is 0. The highest BCUT2D eigenvalue weighted by Crippen LogP contribution is 2.14. The Labute approximate surface area is 125 Å². The monoisotopic (exact) mass is 306 g/mol. The number of carboxylic acid groups (broad SMARTS) is 1. The third-order valence-electron chi connectivity index (χ3n) is 2.66. The molecule has 1 atom stereocenters. The van der Waals surface area contributed by atoms with E-state index >= 15 is 0 Å². The summed E-state index contributed by atoms with van der Waals surface area (Å²) in [4.78, 5) is 30.7. The molecule has 2 heterocycles. The molecule has 0 bridgehead atoms. The van der Waals surface area contributed by atoms with Gasteiger partial charge in [-0.1, -0.05) is 0 Å². The van der Waals surface area contributed by atoms with Crippen LogP contribution in [0.1, 0.15) is 34.0 Å². The third-order valence-corrected chi connectivity index (χ3v) is 3.62. The maximum absolute atomic E-state index is 11.8. The minimum absolute atomic E-state index is 0.137. The van der Waals surface area contributed by atoms with Crippen LogP contribution < -0.4 is 10.6 Å². The van der Waals surface area contributed by atoms with Crippen molar-refractivity contribution in [3.8, 4) is 0 Å². The van der Waals surface area contributed by atoms with Crippen LogP contribution in [-0.2, 0) is 6.54 Å². The van der Waals surface area contributed by atoms with E-state index in [0.717, 1.165) is 5.01 Å². The molecule has 0 aliphatic carbocycles. The summed E-state index contributed by atoms with van der Waals surface area (Å²) >= 11 is 1.46. The zero-order valence-corrected chi connectivity index (χ0v) is 12.1. The Balaban J connectivity index is 1.86. The largest absolute Gasteiger partial charge is 0.478 e. The molecule has 2 aromatic heterocycles. The number of pyridine rings is 1. The second kappa shape index (κ2) is 6.80. The second-order valence-corrected chi connectivity index (χ2v) is 5.19. The van der Waals surface area contributed by atoms with Crippen molar-refractivity contribution in [2.24, 2.45) is 0 Å². The van der Waals surface area contributed by atoms with Crippen molar-refractivity contribution in [2.75, 3.05) is 0 Å². The smallest absolute Gasteiger partial charge is 0.335 e. The van der Waals surface area contributed by atoms with Gasteiger partial charge in [-0.2, -0.15) is 0 Å². The Morgan fingerprint density at radius 3 is 2.86 bits per heavy atom. The van der Waals surface area contributed by atoms with Crippen molar-refractivity contribution < 1.29 is 14.7 Å². The van der Waals surface area contributed by atoms with Gasteiger partial charge in [-0.3, -0.25) is 4.98 Å². The normalized spacial score (nSPS) is 11.7. The van der Waals surface area contributed by atoms with Gasteiger partial charge in [0.15, 0.2) is 0 Å². The topological polar surface area (TPSA) is 104 Å². The molecule has 0 aromatic carbocycles. The number of carbonyl (C=O) groups is 2. The first-order chi connectivity index (χ1) is 10.1. The van der Waals surface area contributed by atoms with E-state index in [2.05, 4.69) is 20.6 Å². The van der Waals surface area contributed by atoms with Crippen molar-refractivity contribution in [1.29, 1.82) is 0 Å². The maximum atomic E-state index is 11.8. The SMILES string of the molecule is CC(NC(=O)NCc1cc(C(=O)O)ccn1)c1nccs1. The number of nitrogens with one attached hydrogen (secondary N) is 2. The van der Waals surface area contributed by atoms with E-state index < -0.39 is 5.97 Å². The van der Waals surface area contributed by atoms with E-state index in [-0.39, 0.29) is 24.2 Å². The van der Waals surface area contributed by atoms with Crippen molar-refractivity contribution in [3.63, 3.8) is 0 Å². The zero-order valence-electron chi connectivity index (χ0n) is 11.2. The molecule has 0 aliphatic rings. The highest BCUT2D eigenvalue weighted by molar-refractivity contribution is 7.09. The van der Waals surface area contributed by atoms with Gasteiger partial charge in [-0.25, -0.2) is 14.6 Å². The van der Waals surface area contributed by atoms with Crippen LogP contribution in [0.5, 0.6) is 0 Å². The van der Waals surface area contributed by atoms with Gasteiger partial charge < -0.3 is 15.7 Å². The first-order valence-corrected chi connectivity index (χ1v) is 7.06. The van der Waals surface area contributed by atoms with Crippen LogP contribution >= 0.6 is 11.3 Å². The van der Waals surface area contributed by atoms with Crippen LogP contribution in [0.3, 0.4) is 0 Å². The number of rotatable bonds is 5. The summed E-state index contributed by atoms with van der Waals surface area (Å²) in [5.74, 6) is -1.03. The van der Waals surface area contributed by atoms with Gasteiger partial charge in [0.1, 0.15) is 5.01 Å². The molecule has 2 amide bonds. The fourth-order valence-electron chi connectivity index (χ4n) is 1.64. The number of carbonyl (C=O) groups excluding carboxylic acids is 1. The Bertz CT molecular complexity index is 630. The van der Waals surface area contributed by atoms with Crippen LogP contribution in [0.25, 0.3) is 0 Å². The van der Waals surface area contributed by atoms with Gasteiger partial charge in [-0.15, -0.1) is 11.3 Å². The lowest BCUT2D eigenvalue weighted by atomic mass is 10.2. The lowest BCUT2D eigenvalue weighted by Gasteiger charge is -2.12. The number of hydrogen-bond donors (Lipinski definition) is 3. The minimum Gasteiger partial charge on any atom is -0.478 e. The Morgan fingerprint density at radius 1 is 1.38 bits per heavy atom. The zero-order chi connectivity index (χ0) is 15.2. The molecule has 3 N–H and O–H groups in total. The molecule has 110 valence electrons. The van der Waals surface area contributed by atoms with Crippen LogP contribution in [0, 0.1) is 0 Å². The fraction of sp³-hybridized carbons (Fsp3) is 0.231. The highest BCUT2D eigenvalue weighted by atomic mass is 32.1. The lowest BCUT2D eigenvalue weighted by Crippen LogP contribution is -2.36. The molecule has 0 spiro atoms. The number of thiazole rings is 1. The van der Waals surface area contributed by atoms with Crippen molar-refractivity contribution in [2.45, 2.75) is 19.5 Å². The number of aromatic nitrogens is 2. The van der Waals surface area contributed by atoms with Gasteiger partial charge in [0.25, 0.3) is 0 Å². The highest BCUT2D eigenvalue weighted by Gasteiger charge is 2.11. The Morgan fingerprint density at radius 2 is 2.19 bits per heavy atom. The lowest BCUT2D eigenvalue weighted by molar-refractivity contribution is 0.0696. The number of carboxylic acids is 1. The Kier molecular flexibility index (Phi) is 4.83. The average Bonchev–Trinajstić information content (AvgIpc) is 2.99. The molecule has 2 rings (SSSR count). The molecule has 0 aliphatic heterocycles. The number of hydrogen-bond acceptors (Lipinski definition) is 5. The number of aromatic carboxylic acids is 1. The van der Waals surface area contributed by atoms with Gasteiger partial charge in [0.2, 0.25) is 0 Å². The molecular formula is C13H14N4O3S. The van der Waals surface area contributed by atoms with Crippen molar-refractivity contribution in [3.05, 3.63) is 46.2 Å². The van der Waals surface area contributed by atoms with E-state index in [0.29, 0.717) is 5.69 Å². The average molecular weight is 306 g/mol.